The molecule has 2 rings (SSSR count). The predicted molar refractivity (Wildman–Crippen MR) is 80.3 cm³/mol. The highest BCUT2D eigenvalue weighted by Crippen LogP contribution is 2.29. The van der Waals surface area contributed by atoms with E-state index in [1.54, 1.807) is 0 Å². The molecule has 3 heteroatoms. The molecule has 1 aliphatic carbocycles. The number of rotatable bonds is 7. The van der Waals surface area contributed by atoms with Crippen molar-refractivity contribution in [2.75, 3.05) is 26.2 Å². The Kier molecular flexibility index (Phi) is 6.62. The highest BCUT2D eigenvalue weighted by molar-refractivity contribution is 4.88. The van der Waals surface area contributed by atoms with Crippen LogP contribution in [0.5, 0.6) is 0 Å². The van der Waals surface area contributed by atoms with Gasteiger partial charge in [0.15, 0.2) is 0 Å². The van der Waals surface area contributed by atoms with Crippen molar-refractivity contribution in [3.63, 3.8) is 0 Å². The van der Waals surface area contributed by atoms with E-state index in [2.05, 4.69) is 17.1 Å². The molecule has 1 aliphatic heterocycles. The standard InChI is InChI=1S/C16H32N2O/c1-2-3-6-14-11-15(17-9-10-19)13-18(12-14)16-7-4-5-8-16/h14-17,19H,2-13H2,1H3. The summed E-state index contributed by atoms with van der Waals surface area (Å²) in [4.78, 5) is 2.76. The number of aliphatic hydroxyl groups is 1. The van der Waals surface area contributed by atoms with Crippen molar-refractivity contribution in [3.05, 3.63) is 0 Å². The second kappa shape index (κ2) is 8.23. The van der Waals surface area contributed by atoms with Gasteiger partial charge in [-0.1, -0.05) is 32.6 Å². The zero-order chi connectivity index (χ0) is 13.5. The molecule has 0 aromatic heterocycles. The van der Waals surface area contributed by atoms with Crippen LogP contribution in [0.25, 0.3) is 0 Å². The molecule has 19 heavy (non-hydrogen) atoms. The second-order valence-electron chi connectivity index (χ2n) is 6.51. The van der Waals surface area contributed by atoms with E-state index < -0.39 is 0 Å². The van der Waals surface area contributed by atoms with Gasteiger partial charge in [0, 0.05) is 31.7 Å². The van der Waals surface area contributed by atoms with Gasteiger partial charge in [-0.2, -0.15) is 0 Å². The summed E-state index contributed by atoms with van der Waals surface area (Å²) in [5.41, 5.74) is 0. The molecule has 2 N–H and O–H groups in total. The molecule has 0 bridgehead atoms. The van der Waals surface area contributed by atoms with Crippen molar-refractivity contribution in [2.24, 2.45) is 5.92 Å². The zero-order valence-electron chi connectivity index (χ0n) is 12.6. The monoisotopic (exact) mass is 268 g/mol. The lowest BCUT2D eigenvalue weighted by molar-refractivity contribution is 0.0924. The molecule has 1 saturated heterocycles. The van der Waals surface area contributed by atoms with Crippen LogP contribution in [-0.4, -0.2) is 48.3 Å². The number of nitrogens with zero attached hydrogens (tertiary/aromatic N) is 1. The highest BCUT2D eigenvalue weighted by atomic mass is 16.3. The molecule has 0 aromatic carbocycles. The molecule has 2 atom stereocenters. The Morgan fingerprint density at radius 3 is 2.68 bits per heavy atom. The van der Waals surface area contributed by atoms with Gasteiger partial charge in [-0.3, -0.25) is 4.90 Å². The van der Waals surface area contributed by atoms with Crippen molar-refractivity contribution in [2.45, 2.75) is 70.4 Å². The van der Waals surface area contributed by atoms with Crippen LogP contribution in [0.3, 0.4) is 0 Å². The van der Waals surface area contributed by atoms with Crippen molar-refractivity contribution in [1.29, 1.82) is 0 Å². The SMILES string of the molecule is CCCCC1CC(NCCO)CN(C2CCCC2)C1. The van der Waals surface area contributed by atoms with E-state index in [0.717, 1.165) is 18.5 Å². The van der Waals surface area contributed by atoms with Gasteiger partial charge in [0.1, 0.15) is 0 Å². The fourth-order valence-electron chi connectivity index (χ4n) is 3.93. The Morgan fingerprint density at radius 1 is 1.21 bits per heavy atom. The second-order valence-corrected chi connectivity index (χ2v) is 6.51. The van der Waals surface area contributed by atoms with E-state index >= 15 is 0 Å². The summed E-state index contributed by atoms with van der Waals surface area (Å²) in [5, 5.41) is 12.5. The first kappa shape index (κ1) is 15.3. The third-order valence-corrected chi connectivity index (χ3v) is 4.92. The van der Waals surface area contributed by atoms with E-state index in [0.29, 0.717) is 6.04 Å². The van der Waals surface area contributed by atoms with Crippen LogP contribution in [-0.2, 0) is 0 Å². The van der Waals surface area contributed by atoms with Gasteiger partial charge in [0.25, 0.3) is 0 Å². The number of piperidine rings is 1. The fourth-order valence-corrected chi connectivity index (χ4v) is 3.93. The maximum atomic E-state index is 9.01. The summed E-state index contributed by atoms with van der Waals surface area (Å²) >= 11 is 0. The van der Waals surface area contributed by atoms with Crippen molar-refractivity contribution in [3.8, 4) is 0 Å². The van der Waals surface area contributed by atoms with Crippen molar-refractivity contribution < 1.29 is 5.11 Å². The molecule has 3 nitrogen and oxygen atoms in total. The van der Waals surface area contributed by atoms with Crippen LogP contribution in [0.4, 0.5) is 0 Å². The van der Waals surface area contributed by atoms with Gasteiger partial charge in [-0.25, -0.2) is 0 Å². The van der Waals surface area contributed by atoms with Crippen LogP contribution < -0.4 is 5.32 Å². The van der Waals surface area contributed by atoms with Crippen LogP contribution in [0, 0.1) is 5.92 Å². The average Bonchev–Trinajstić information content (AvgIpc) is 2.97. The Labute approximate surface area is 118 Å². The molecule has 2 unspecified atom stereocenters. The largest absolute Gasteiger partial charge is 0.395 e. The summed E-state index contributed by atoms with van der Waals surface area (Å²) in [7, 11) is 0. The minimum absolute atomic E-state index is 0.263. The fraction of sp³-hybridized carbons (Fsp3) is 1.00. The molecule has 1 heterocycles. The summed E-state index contributed by atoms with van der Waals surface area (Å²) in [6.07, 6.45) is 11.1. The van der Waals surface area contributed by atoms with E-state index in [9.17, 15) is 0 Å². The first-order chi connectivity index (χ1) is 9.33. The highest BCUT2D eigenvalue weighted by Gasteiger charge is 2.31. The maximum absolute atomic E-state index is 9.01. The van der Waals surface area contributed by atoms with Crippen LogP contribution in [0.1, 0.15) is 58.3 Å². The summed E-state index contributed by atoms with van der Waals surface area (Å²) in [5.74, 6) is 0.866. The van der Waals surface area contributed by atoms with Crippen LogP contribution >= 0.6 is 0 Å². The Bertz CT molecular complexity index is 225. The molecule has 2 fully saturated rings. The van der Waals surface area contributed by atoms with E-state index in [-0.39, 0.29) is 6.61 Å². The third kappa shape index (κ3) is 4.73. The van der Waals surface area contributed by atoms with Gasteiger partial charge in [-0.15, -0.1) is 0 Å². The maximum Gasteiger partial charge on any atom is 0.0556 e. The molecule has 0 aromatic rings. The molecular weight excluding hydrogens is 236 g/mol. The Balaban J connectivity index is 1.86. The Morgan fingerprint density at radius 2 is 2.00 bits per heavy atom. The Hall–Kier alpha value is -0.120. The molecular formula is C16H32N2O. The zero-order valence-corrected chi connectivity index (χ0v) is 12.6. The number of unbranched alkanes of at least 4 members (excludes halogenated alkanes) is 1. The van der Waals surface area contributed by atoms with Crippen molar-refractivity contribution in [1.82, 2.24) is 10.2 Å². The van der Waals surface area contributed by atoms with E-state index in [4.69, 9.17) is 5.11 Å². The third-order valence-electron chi connectivity index (χ3n) is 4.92. The normalized spacial score (nSPS) is 30.0. The molecule has 1 saturated carbocycles. The van der Waals surface area contributed by atoms with Gasteiger partial charge < -0.3 is 10.4 Å². The van der Waals surface area contributed by atoms with Gasteiger partial charge in [0.2, 0.25) is 0 Å². The molecule has 112 valence electrons. The number of nitrogens with one attached hydrogen (secondary N) is 1. The van der Waals surface area contributed by atoms with Gasteiger partial charge in [-0.05, 0) is 31.6 Å². The lowest BCUT2D eigenvalue weighted by Crippen LogP contribution is -2.52. The molecule has 0 spiro atoms. The first-order valence-corrected chi connectivity index (χ1v) is 8.41. The molecule has 0 radical (unpaired) electrons. The number of aliphatic hydroxyl groups excluding tert-OH is 1. The van der Waals surface area contributed by atoms with Crippen LogP contribution in [0.15, 0.2) is 0 Å². The quantitative estimate of drug-likeness (QED) is 0.744. The predicted octanol–water partition coefficient (Wildman–Crippen LogP) is 2.39. The van der Waals surface area contributed by atoms with Crippen molar-refractivity contribution >= 4 is 0 Å². The van der Waals surface area contributed by atoms with Gasteiger partial charge in [0.05, 0.1) is 6.61 Å². The lowest BCUT2D eigenvalue weighted by atomic mass is 9.89. The summed E-state index contributed by atoms with van der Waals surface area (Å²) in [6, 6.07) is 1.45. The smallest absolute Gasteiger partial charge is 0.0556 e. The molecule has 0 amide bonds. The van der Waals surface area contributed by atoms with E-state index in [1.165, 1.54) is 64.5 Å². The number of hydrogen-bond acceptors (Lipinski definition) is 3. The average molecular weight is 268 g/mol. The number of hydrogen-bond donors (Lipinski definition) is 2. The molecule has 2 aliphatic rings. The topological polar surface area (TPSA) is 35.5 Å². The summed E-state index contributed by atoms with van der Waals surface area (Å²) in [6.45, 7) is 5.83. The van der Waals surface area contributed by atoms with Crippen LogP contribution in [0.2, 0.25) is 0 Å². The summed E-state index contributed by atoms with van der Waals surface area (Å²) < 4.78 is 0. The lowest BCUT2D eigenvalue weighted by Gasteiger charge is -2.41. The minimum atomic E-state index is 0.263. The number of likely N-dealkylation sites (tertiary alicyclic amines) is 1. The van der Waals surface area contributed by atoms with Gasteiger partial charge >= 0.3 is 0 Å². The van der Waals surface area contributed by atoms with E-state index in [1.807, 2.05) is 0 Å². The first-order valence-electron chi connectivity index (χ1n) is 8.41. The minimum Gasteiger partial charge on any atom is -0.395 e.